The average molecular weight is 380 g/mol. The Morgan fingerprint density at radius 2 is 1.88 bits per heavy atom. The van der Waals surface area contributed by atoms with Crippen molar-refractivity contribution in [3.05, 3.63) is 16.0 Å². The molecule has 1 N–H and O–H groups in total. The third-order valence-electron chi connectivity index (χ3n) is 5.15. The number of esters is 1. The van der Waals surface area contributed by atoms with Gasteiger partial charge in [-0.05, 0) is 45.2 Å². The van der Waals surface area contributed by atoms with Crippen molar-refractivity contribution in [3.63, 3.8) is 0 Å². The highest BCUT2D eigenvalue weighted by molar-refractivity contribution is 7.17. The van der Waals surface area contributed by atoms with Crippen LogP contribution in [0, 0.1) is 0 Å². The summed E-state index contributed by atoms with van der Waals surface area (Å²) in [6.07, 6.45) is 4.58. The molecule has 2 heterocycles. The molecule has 0 radical (unpaired) electrons. The van der Waals surface area contributed by atoms with Gasteiger partial charge in [-0.2, -0.15) is 0 Å². The third-order valence-corrected chi connectivity index (χ3v) is 6.36. The van der Waals surface area contributed by atoms with Gasteiger partial charge >= 0.3 is 5.97 Å². The molecular formula is C19H29N3O3S. The van der Waals surface area contributed by atoms with Gasteiger partial charge in [0.05, 0.1) is 12.2 Å². The third kappa shape index (κ3) is 4.64. The second-order valence-corrected chi connectivity index (χ2v) is 8.18. The molecular weight excluding hydrogens is 350 g/mol. The van der Waals surface area contributed by atoms with Crippen LogP contribution in [0.5, 0.6) is 0 Å². The number of carbonyl (C=O) groups is 2. The molecule has 1 aromatic rings. The smallest absolute Gasteiger partial charge is 0.341 e. The van der Waals surface area contributed by atoms with E-state index < -0.39 is 0 Å². The molecule has 0 unspecified atom stereocenters. The lowest BCUT2D eigenvalue weighted by Crippen LogP contribution is -2.45. The first-order valence-electron chi connectivity index (χ1n) is 9.61. The van der Waals surface area contributed by atoms with Crippen LogP contribution in [0.4, 0.5) is 5.00 Å². The summed E-state index contributed by atoms with van der Waals surface area (Å²) in [4.78, 5) is 30.8. The fraction of sp³-hybridized carbons (Fsp3) is 0.684. The number of carbonyl (C=O) groups excluding carboxylic acids is 2. The first kappa shape index (κ1) is 19.3. The molecule has 3 rings (SSSR count). The van der Waals surface area contributed by atoms with Crippen molar-refractivity contribution in [1.29, 1.82) is 0 Å². The van der Waals surface area contributed by atoms with Gasteiger partial charge in [-0.25, -0.2) is 4.79 Å². The summed E-state index contributed by atoms with van der Waals surface area (Å²) in [6.45, 7) is 7.03. The van der Waals surface area contributed by atoms with Crippen molar-refractivity contribution in [2.75, 3.05) is 51.7 Å². The zero-order valence-corrected chi connectivity index (χ0v) is 16.6. The molecule has 6 nitrogen and oxygen atoms in total. The number of rotatable bonds is 6. The number of hydrogen-bond donors (Lipinski definition) is 1. The number of fused-ring (bicyclic) bond motifs is 1. The van der Waals surface area contributed by atoms with Crippen LogP contribution in [0.1, 0.15) is 47.0 Å². The zero-order valence-electron chi connectivity index (χ0n) is 15.8. The lowest BCUT2D eigenvalue weighted by molar-refractivity contribution is -0.116. The first-order chi connectivity index (χ1) is 12.6. The van der Waals surface area contributed by atoms with Crippen LogP contribution in [0.15, 0.2) is 0 Å². The molecule has 1 fully saturated rings. The number of hydrogen-bond acceptors (Lipinski definition) is 6. The van der Waals surface area contributed by atoms with E-state index in [1.165, 1.54) is 4.88 Å². The van der Waals surface area contributed by atoms with Crippen LogP contribution >= 0.6 is 11.3 Å². The molecule has 1 aliphatic carbocycles. The van der Waals surface area contributed by atoms with E-state index in [4.69, 9.17) is 4.74 Å². The van der Waals surface area contributed by atoms with Gasteiger partial charge < -0.3 is 19.9 Å². The fourth-order valence-corrected chi connectivity index (χ4v) is 4.89. The molecule has 7 heteroatoms. The van der Waals surface area contributed by atoms with E-state index in [0.717, 1.165) is 64.0 Å². The molecule has 1 aliphatic heterocycles. The van der Waals surface area contributed by atoms with Gasteiger partial charge in [-0.1, -0.05) is 0 Å². The Kier molecular flexibility index (Phi) is 6.67. The monoisotopic (exact) mass is 379 g/mol. The van der Waals surface area contributed by atoms with E-state index in [0.29, 0.717) is 23.6 Å². The Hall–Kier alpha value is -1.44. The minimum absolute atomic E-state index is 0.0203. The predicted molar refractivity (Wildman–Crippen MR) is 104 cm³/mol. The van der Waals surface area contributed by atoms with E-state index in [2.05, 4.69) is 22.2 Å². The zero-order chi connectivity index (χ0) is 18.5. The highest BCUT2D eigenvalue weighted by Gasteiger charge is 2.27. The first-order valence-corrected chi connectivity index (χ1v) is 10.4. The maximum Gasteiger partial charge on any atom is 0.341 e. The van der Waals surface area contributed by atoms with Gasteiger partial charge in [0.2, 0.25) is 5.91 Å². The van der Waals surface area contributed by atoms with Crippen molar-refractivity contribution >= 4 is 28.2 Å². The molecule has 0 spiro atoms. The summed E-state index contributed by atoms with van der Waals surface area (Å²) in [5.74, 6) is -0.325. The maximum atomic E-state index is 12.5. The number of ether oxygens (including phenoxy) is 1. The van der Waals surface area contributed by atoms with E-state index in [1.807, 2.05) is 6.92 Å². The Balaban J connectivity index is 1.63. The minimum atomic E-state index is -0.304. The van der Waals surface area contributed by atoms with Gasteiger partial charge in [0.15, 0.2) is 0 Å². The van der Waals surface area contributed by atoms with Crippen molar-refractivity contribution in [1.82, 2.24) is 9.80 Å². The molecule has 0 aromatic carbocycles. The van der Waals surface area contributed by atoms with Gasteiger partial charge in [-0.3, -0.25) is 4.79 Å². The highest BCUT2D eigenvalue weighted by Crippen LogP contribution is 2.38. The highest BCUT2D eigenvalue weighted by atomic mass is 32.1. The van der Waals surface area contributed by atoms with Crippen LogP contribution < -0.4 is 5.32 Å². The summed E-state index contributed by atoms with van der Waals surface area (Å²) >= 11 is 1.55. The summed E-state index contributed by atoms with van der Waals surface area (Å²) < 4.78 is 5.24. The molecule has 0 atom stereocenters. The molecule has 1 aromatic heterocycles. The van der Waals surface area contributed by atoms with Gasteiger partial charge in [0.1, 0.15) is 5.00 Å². The van der Waals surface area contributed by atoms with E-state index >= 15 is 0 Å². The SMILES string of the molecule is CCOC(=O)c1c(NC(=O)CCN2CCN(C)CC2)sc2c1CCCC2. The molecule has 0 bridgehead atoms. The number of piperazine rings is 1. The largest absolute Gasteiger partial charge is 0.462 e. The Morgan fingerprint density at radius 3 is 2.62 bits per heavy atom. The number of aryl methyl sites for hydroxylation is 1. The molecule has 0 saturated carbocycles. The van der Waals surface area contributed by atoms with Crippen LogP contribution in [-0.4, -0.2) is 68.1 Å². The number of nitrogens with zero attached hydrogens (tertiary/aromatic N) is 2. The van der Waals surface area contributed by atoms with Crippen molar-refractivity contribution in [3.8, 4) is 0 Å². The van der Waals surface area contributed by atoms with Crippen LogP contribution in [-0.2, 0) is 22.4 Å². The summed E-state index contributed by atoms with van der Waals surface area (Å²) in [6, 6.07) is 0. The van der Waals surface area contributed by atoms with E-state index in [1.54, 1.807) is 11.3 Å². The Morgan fingerprint density at radius 1 is 1.15 bits per heavy atom. The lowest BCUT2D eigenvalue weighted by atomic mass is 9.95. The van der Waals surface area contributed by atoms with Crippen LogP contribution in [0.2, 0.25) is 0 Å². The summed E-state index contributed by atoms with van der Waals surface area (Å²) in [5.41, 5.74) is 1.69. The summed E-state index contributed by atoms with van der Waals surface area (Å²) in [5, 5.41) is 3.68. The van der Waals surface area contributed by atoms with Crippen LogP contribution in [0.25, 0.3) is 0 Å². The van der Waals surface area contributed by atoms with Crippen molar-refractivity contribution in [2.24, 2.45) is 0 Å². The molecule has 144 valence electrons. The second-order valence-electron chi connectivity index (χ2n) is 7.08. The van der Waals surface area contributed by atoms with E-state index in [-0.39, 0.29) is 11.9 Å². The average Bonchev–Trinajstić information content (AvgIpc) is 2.99. The topological polar surface area (TPSA) is 61.9 Å². The lowest BCUT2D eigenvalue weighted by Gasteiger charge is -2.32. The van der Waals surface area contributed by atoms with Crippen molar-refractivity contribution < 1.29 is 14.3 Å². The molecule has 2 aliphatic rings. The van der Waals surface area contributed by atoms with Gasteiger partial charge in [-0.15, -0.1) is 11.3 Å². The molecule has 1 saturated heterocycles. The van der Waals surface area contributed by atoms with Crippen LogP contribution in [0.3, 0.4) is 0 Å². The summed E-state index contributed by atoms with van der Waals surface area (Å²) in [7, 11) is 2.12. The minimum Gasteiger partial charge on any atom is -0.462 e. The van der Waals surface area contributed by atoms with Gasteiger partial charge in [0, 0.05) is 44.0 Å². The Labute approximate surface area is 159 Å². The predicted octanol–water partition coefficient (Wildman–Crippen LogP) is 2.38. The quantitative estimate of drug-likeness (QED) is 0.769. The number of amides is 1. The number of thiophene rings is 1. The number of anilines is 1. The normalized spacial score (nSPS) is 18.4. The van der Waals surface area contributed by atoms with E-state index in [9.17, 15) is 9.59 Å². The fourth-order valence-electron chi connectivity index (χ4n) is 3.59. The van der Waals surface area contributed by atoms with Crippen molar-refractivity contribution in [2.45, 2.75) is 39.0 Å². The number of nitrogens with one attached hydrogen (secondary N) is 1. The van der Waals surface area contributed by atoms with Gasteiger partial charge in [0.25, 0.3) is 0 Å². The molecule has 1 amide bonds. The standard InChI is InChI=1S/C19H29N3O3S/c1-3-25-19(24)17-14-6-4-5-7-15(14)26-18(17)20-16(23)8-9-22-12-10-21(2)11-13-22/h3-13H2,1-2H3,(H,20,23). The molecule has 26 heavy (non-hydrogen) atoms. The maximum absolute atomic E-state index is 12.5. The Bertz CT molecular complexity index is 651. The second kappa shape index (κ2) is 8.97. The number of likely N-dealkylation sites (N-methyl/N-ethyl adjacent to an activating group) is 1.